The number of ether oxygens (including phenoxy) is 2. The second kappa shape index (κ2) is 10.3. The van der Waals surface area contributed by atoms with Gasteiger partial charge in [-0.2, -0.15) is 5.10 Å². The number of fused-ring (bicyclic) bond motifs is 1. The van der Waals surface area contributed by atoms with Crippen LogP contribution < -0.4 is 9.64 Å². The van der Waals surface area contributed by atoms with E-state index in [2.05, 4.69) is 11.2 Å². The molecule has 2 heterocycles. The quantitative estimate of drug-likeness (QED) is 0.497. The summed E-state index contributed by atoms with van der Waals surface area (Å²) < 4.78 is 12.4. The maximum absolute atomic E-state index is 13.0. The van der Waals surface area contributed by atoms with Crippen LogP contribution in [-0.2, 0) is 22.6 Å². The van der Waals surface area contributed by atoms with Crippen molar-refractivity contribution < 1.29 is 14.3 Å². The second-order valence-electron chi connectivity index (χ2n) is 7.70. The van der Waals surface area contributed by atoms with Crippen LogP contribution in [0.25, 0.3) is 10.9 Å². The highest BCUT2D eigenvalue weighted by Gasteiger charge is 2.18. The van der Waals surface area contributed by atoms with Gasteiger partial charge >= 0.3 is 0 Å². The van der Waals surface area contributed by atoms with E-state index >= 15 is 0 Å². The molecule has 0 unspecified atom stereocenters. The summed E-state index contributed by atoms with van der Waals surface area (Å²) in [6.07, 6.45) is 2.27. The molecule has 1 aromatic carbocycles. The Balaban J connectivity index is 1.84. The Bertz CT molecular complexity index is 1030. The number of hydrogen-bond acceptors (Lipinski definition) is 6. The van der Waals surface area contributed by atoms with Gasteiger partial charge in [0.2, 0.25) is 5.91 Å². The van der Waals surface area contributed by atoms with Gasteiger partial charge in [0.15, 0.2) is 0 Å². The molecule has 0 aliphatic carbocycles. The van der Waals surface area contributed by atoms with Crippen molar-refractivity contribution in [3.8, 4) is 5.75 Å². The van der Waals surface area contributed by atoms with E-state index in [9.17, 15) is 4.79 Å². The number of methoxy groups -OCH3 is 2. The number of aromatic nitrogens is 3. The summed E-state index contributed by atoms with van der Waals surface area (Å²) in [4.78, 5) is 21.7. The summed E-state index contributed by atoms with van der Waals surface area (Å²) in [6, 6.07) is 9.87. The summed E-state index contributed by atoms with van der Waals surface area (Å²) in [5.41, 5.74) is 2.79. The van der Waals surface area contributed by atoms with Crippen molar-refractivity contribution in [2.45, 2.75) is 26.4 Å². The lowest BCUT2D eigenvalue weighted by molar-refractivity contribution is -0.132. The van der Waals surface area contributed by atoms with E-state index in [0.29, 0.717) is 32.7 Å². The largest absolute Gasteiger partial charge is 0.497 e. The van der Waals surface area contributed by atoms with Crippen LogP contribution >= 0.6 is 0 Å². The highest BCUT2D eigenvalue weighted by Crippen LogP contribution is 2.26. The Hall–Kier alpha value is -3.13. The molecule has 0 atom stereocenters. The van der Waals surface area contributed by atoms with Gasteiger partial charge in [-0.1, -0.05) is 0 Å². The first-order chi connectivity index (χ1) is 14.9. The van der Waals surface area contributed by atoms with Gasteiger partial charge in [-0.05, 0) is 31.2 Å². The van der Waals surface area contributed by atoms with Gasteiger partial charge in [0, 0.05) is 70.5 Å². The van der Waals surface area contributed by atoms with Gasteiger partial charge in [0.05, 0.1) is 24.9 Å². The van der Waals surface area contributed by atoms with Gasteiger partial charge in [-0.25, -0.2) is 4.98 Å². The first-order valence-electron chi connectivity index (χ1n) is 10.3. The van der Waals surface area contributed by atoms with E-state index in [0.717, 1.165) is 33.7 Å². The molecule has 1 amide bonds. The molecule has 0 bridgehead atoms. The number of amides is 1. The molecule has 2 aromatic heterocycles. The van der Waals surface area contributed by atoms with E-state index in [-0.39, 0.29) is 5.91 Å². The molecule has 8 nitrogen and oxygen atoms in total. The van der Waals surface area contributed by atoms with E-state index in [4.69, 9.17) is 14.5 Å². The lowest BCUT2D eigenvalue weighted by Crippen LogP contribution is -2.34. The molecule has 0 aliphatic rings. The molecule has 0 saturated carbocycles. The zero-order chi connectivity index (χ0) is 22.4. The molecule has 166 valence electrons. The second-order valence-corrected chi connectivity index (χ2v) is 7.70. The summed E-state index contributed by atoms with van der Waals surface area (Å²) >= 11 is 0. The molecule has 0 fully saturated rings. The van der Waals surface area contributed by atoms with Crippen LogP contribution in [0.1, 0.15) is 17.7 Å². The molecule has 0 saturated heterocycles. The van der Waals surface area contributed by atoms with Gasteiger partial charge in [0.25, 0.3) is 0 Å². The number of nitrogens with zero attached hydrogens (tertiary/aromatic N) is 5. The minimum atomic E-state index is 0.0599. The number of hydrogen-bond donors (Lipinski definition) is 0. The van der Waals surface area contributed by atoms with Crippen LogP contribution in [0.15, 0.2) is 36.5 Å². The van der Waals surface area contributed by atoms with Crippen molar-refractivity contribution in [1.29, 1.82) is 0 Å². The number of anilines is 1. The predicted molar refractivity (Wildman–Crippen MR) is 121 cm³/mol. The standard InChI is InChI=1S/C23H31N5O3/c1-17-8-10-28(25-17)11-9-22(29)27(12-13-30-4)16-19-14-18-6-7-20(31-5)15-21(18)24-23(19)26(2)3/h6-8,10,14-15H,9,11-13,16H2,1-5H3. The molecule has 0 spiro atoms. The van der Waals surface area contributed by atoms with Gasteiger partial charge < -0.3 is 19.3 Å². The average molecular weight is 426 g/mol. The van der Waals surface area contributed by atoms with Crippen molar-refractivity contribution in [3.63, 3.8) is 0 Å². The van der Waals surface area contributed by atoms with Gasteiger partial charge in [-0.15, -0.1) is 0 Å². The maximum Gasteiger partial charge on any atom is 0.224 e. The fourth-order valence-electron chi connectivity index (χ4n) is 3.47. The van der Waals surface area contributed by atoms with Crippen LogP contribution in [0.4, 0.5) is 5.82 Å². The van der Waals surface area contributed by atoms with Crippen LogP contribution in [0.3, 0.4) is 0 Å². The molecular formula is C23H31N5O3. The Morgan fingerprint density at radius 3 is 2.61 bits per heavy atom. The fourth-order valence-corrected chi connectivity index (χ4v) is 3.47. The van der Waals surface area contributed by atoms with E-state index in [1.807, 2.05) is 61.3 Å². The van der Waals surface area contributed by atoms with Crippen molar-refractivity contribution in [2.75, 3.05) is 46.4 Å². The molecule has 0 N–H and O–H groups in total. The number of aryl methyl sites for hydroxylation is 2. The molecule has 8 heteroatoms. The summed E-state index contributed by atoms with van der Waals surface area (Å²) in [5, 5.41) is 5.38. The molecule has 3 rings (SSSR count). The summed E-state index contributed by atoms with van der Waals surface area (Å²) in [5.74, 6) is 1.66. The summed E-state index contributed by atoms with van der Waals surface area (Å²) in [7, 11) is 7.20. The van der Waals surface area contributed by atoms with E-state index < -0.39 is 0 Å². The molecule has 3 aromatic rings. The maximum atomic E-state index is 13.0. The number of carbonyl (C=O) groups excluding carboxylic acids is 1. The molecule has 0 aliphatic heterocycles. The Morgan fingerprint density at radius 1 is 1.16 bits per heavy atom. The van der Waals surface area contributed by atoms with E-state index in [1.165, 1.54) is 0 Å². The number of rotatable bonds is 10. The first kappa shape index (κ1) is 22.6. The minimum Gasteiger partial charge on any atom is -0.497 e. The van der Waals surface area contributed by atoms with Crippen LogP contribution in [-0.4, -0.2) is 67.0 Å². The van der Waals surface area contributed by atoms with Crippen LogP contribution in [0, 0.1) is 6.92 Å². The van der Waals surface area contributed by atoms with Crippen molar-refractivity contribution >= 4 is 22.6 Å². The smallest absolute Gasteiger partial charge is 0.224 e. The van der Waals surface area contributed by atoms with Crippen molar-refractivity contribution in [3.05, 3.63) is 47.8 Å². The lowest BCUT2D eigenvalue weighted by atomic mass is 10.1. The van der Waals surface area contributed by atoms with Gasteiger partial charge in [-0.3, -0.25) is 9.48 Å². The number of carbonyl (C=O) groups is 1. The monoisotopic (exact) mass is 425 g/mol. The van der Waals surface area contributed by atoms with Crippen LogP contribution in [0.5, 0.6) is 5.75 Å². The lowest BCUT2D eigenvalue weighted by Gasteiger charge is -2.25. The first-order valence-corrected chi connectivity index (χ1v) is 10.3. The minimum absolute atomic E-state index is 0.0599. The normalized spacial score (nSPS) is 11.0. The third-order valence-electron chi connectivity index (χ3n) is 5.11. The molecule has 31 heavy (non-hydrogen) atoms. The molecular weight excluding hydrogens is 394 g/mol. The topological polar surface area (TPSA) is 72.7 Å². The van der Waals surface area contributed by atoms with Gasteiger partial charge in [0.1, 0.15) is 11.6 Å². The third-order valence-corrected chi connectivity index (χ3v) is 5.11. The Labute approximate surface area is 183 Å². The SMILES string of the molecule is COCCN(Cc1cc2ccc(OC)cc2nc1N(C)C)C(=O)CCn1ccc(C)n1. The average Bonchev–Trinajstić information content (AvgIpc) is 3.18. The highest BCUT2D eigenvalue weighted by molar-refractivity contribution is 5.83. The Morgan fingerprint density at radius 2 is 1.97 bits per heavy atom. The predicted octanol–water partition coefficient (Wildman–Crippen LogP) is 2.88. The van der Waals surface area contributed by atoms with E-state index in [1.54, 1.807) is 18.9 Å². The third kappa shape index (κ3) is 5.73. The molecule has 0 radical (unpaired) electrons. The van der Waals surface area contributed by atoms with Crippen LogP contribution in [0.2, 0.25) is 0 Å². The zero-order valence-electron chi connectivity index (χ0n) is 19.0. The Kier molecular flexibility index (Phi) is 7.46. The zero-order valence-corrected chi connectivity index (χ0v) is 19.0. The summed E-state index contributed by atoms with van der Waals surface area (Å²) in [6.45, 7) is 3.94. The number of pyridine rings is 1. The fraction of sp³-hybridized carbons (Fsp3) is 0.435. The highest BCUT2D eigenvalue weighted by atomic mass is 16.5. The van der Waals surface area contributed by atoms with Crippen molar-refractivity contribution in [1.82, 2.24) is 19.7 Å². The van der Waals surface area contributed by atoms with Crippen molar-refractivity contribution in [2.24, 2.45) is 0 Å². The number of benzene rings is 1.